The molecular formula is C15H26N6. The second-order valence-electron chi connectivity index (χ2n) is 5.65. The van der Waals surface area contributed by atoms with Crippen molar-refractivity contribution in [2.24, 2.45) is 5.92 Å². The monoisotopic (exact) mass is 290 g/mol. The minimum atomic E-state index is 0.634. The molecule has 0 saturated carbocycles. The number of aromatic nitrogens is 5. The van der Waals surface area contributed by atoms with Crippen LogP contribution in [0.5, 0.6) is 0 Å². The number of nitrogens with zero attached hydrogens (tertiary/aromatic N) is 5. The van der Waals surface area contributed by atoms with Gasteiger partial charge in [0.25, 0.3) is 0 Å². The van der Waals surface area contributed by atoms with E-state index in [0.717, 1.165) is 44.1 Å². The fourth-order valence-corrected chi connectivity index (χ4v) is 2.27. The standard InChI is InChI=1S/C15H26N6/c1-5-13-7-14(20(6-2)19-13)10-21-15(17-11-18-21)9-16-8-12(3)4/h7,11-12,16H,5-6,8-10H2,1-4H3. The van der Waals surface area contributed by atoms with Crippen molar-refractivity contribution in [2.45, 2.75) is 53.8 Å². The number of hydrogen-bond donors (Lipinski definition) is 1. The molecule has 21 heavy (non-hydrogen) atoms. The van der Waals surface area contributed by atoms with Crippen LogP contribution in [-0.4, -0.2) is 31.1 Å². The first-order chi connectivity index (χ1) is 10.1. The van der Waals surface area contributed by atoms with Gasteiger partial charge in [0.1, 0.15) is 12.2 Å². The van der Waals surface area contributed by atoms with E-state index in [2.05, 4.69) is 54.3 Å². The van der Waals surface area contributed by atoms with Crippen molar-refractivity contribution in [3.8, 4) is 0 Å². The Labute approximate surface area is 126 Å². The van der Waals surface area contributed by atoms with Crippen LogP contribution < -0.4 is 5.32 Å². The van der Waals surface area contributed by atoms with Gasteiger partial charge >= 0.3 is 0 Å². The van der Waals surface area contributed by atoms with Gasteiger partial charge in [0, 0.05) is 6.54 Å². The molecule has 2 aromatic heterocycles. The Morgan fingerprint density at radius 2 is 2.05 bits per heavy atom. The lowest BCUT2D eigenvalue weighted by atomic mass is 10.2. The van der Waals surface area contributed by atoms with Crippen LogP contribution in [0, 0.1) is 5.92 Å². The van der Waals surface area contributed by atoms with Crippen molar-refractivity contribution in [3.63, 3.8) is 0 Å². The molecule has 0 atom stereocenters. The number of nitrogens with one attached hydrogen (secondary N) is 1. The summed E-state index contributed by atoms with van der Waals surface area (Å²) in [4.78, 5) is 4.35. The highest BCUT2D eigenvalue weighted by atomic mass is 15.4. The third kappa shape index (κ3) is 4.14. The Kier molecular flexibility index (Phi) is 5.50. The van der Waals surface area contributed by atoms with Crippen LogP contribution in [0.1, 0.15) is 44.9 Å². The molecule has 0 radical (unpaired) electrons. The van der Waals surface area contributed by atoms with E-state index in [-0.39, 0.29) is 0 Å². The molecule has 2 rings (SSSR count). The third-order valence-electron chi connectivity index (χ3n) is 3.42. The van der Waals surface area contributed by atoms with E-state index in [1.54, 1.807) is 6.33 Å². The molecule has 0 fully saturated rings. The third-order valence-corrected chi connectivity index (χ3v) is 3.42. The SMILES string of the molecule is CCc1cc(Cn2ncnc2CNCC(C)C)n(CC)n1. The summed E-state index contributed by atoms with van der Waals surface area (Å²) in [6, 6.07) is 2.16. The van der Waals surface area contributed by atoms with Gasteiger partial charge in [-0.3, -0.25) is 4.68 Å². The molecule has 0 amide bonds. The molecule has 2 aromatic rings. The molecule has 0 spiro atoms. The van der Waals surface area contributed by atoms with Gasteiger partial charge in [0.05, 0.1) is 24.5 Å². The zero-order valence-electron chi connectivity index (χ0n) is 13.5. The molecule has 0 aromatic carbocycles. The first-order valence-electron chi connectivity index (χ1n) is 7.77. The molecule has 0 aliphatic heterocycles. The number of aryl methyl sites for hydroxylation is 2. The molecule has 1 N–H and O–H groups in total. The summed E-state index contributed by atoms with van der Waals surface area (Å²) in [7, 11) is 0. The lowest BCUT2D eigenvalue weighted by Gasteiger charge is -2.09. The minimum Gasteiger partial charge on any atom is -0.310 e. The van der Waals surface area contributed by atoms with Crippen LogP contribution in [0.15, 0.2) is 12.4 Å². The summed E-state index contributed by atoms with van der Waals surface area (Å²) < 4.78 is 4.00. The van der Waals surface area contributed by atoms with E-state index in [0.29, 0.717) is 5.92 Å². The second-order valence-corrected chi connectivity index (χ2v) is 5.65. The Bertz CT molecular complexity index is 554. The van der Waals surface area contributed by atoms with E-state index < -0.39 is 0 Å². The van der Waals surface area contributed by atoms with E-state index in [4.69, 9.17) is 0 Å². The Hall–Kier alpha value is -1.69. The highest BCUT2D eigenvalue weighted by Crippen LogP contribution is 2.08. The van der Waals surface area contributed by atoms with Gasteiger partial charge in [-0.2, -0.15) is 10.2 Å². The van der Waals surface area contributed by atoms with E-state index in [9.17, 15) is 0 Å². The van der Waals surface area contributed by atoms with Gasteiger partial charge < -0.3 is 5.32 Å². The maximum Gasteiger partial charge on any atom is 0.141 e. The summed E-state index contributed by atoms with van der Waals surface area (Å²) in [5.74, 6) is 1.60. The predicted molar refractivity (Wildman–Crippen MR) is 82.9 cm³/mol. The topological polar surface area (TPSA) is 60.6 Å². The average Bonchev–Trinajstić information content (AvgIpc) is 3.06. The highest BCUT2D eigenvalue weighted by Gasteiger charge is 2.10. The van der Waals surface area contributed by atoms with Crippen LogP contribution in [0.4, 0.5) is 0 Å². The Morgan fingerprint density at radius 1 is 1.24 bits per heavy atom. The first kappa shape index (κ1) is 15.7. The van der Waals surface area contributed by atoms with Gasteiger partial charge in [-0.15, -0.1) is 0 Å². The lowest BCUT2D eigenvalue weighted by molar-refractivity contribution is 0.513. The lowest BCUT2D eigenvalue weighted by Crippen LogP contribution is -2.22. The predicted octanol–water partition coefficient (Wildman–Crippen LogP) is 1.85. The number of hydrogen-bond acceptors (Lipinski definition) is 4. The van der Waals surface area contributed by atoms with Crippen LogP contribution >= 0.6 is 0 Å². The van der Waals surface area contributed by atoms with Crippen molar-refractivity contribution in [2.75, 3.05) is 6.54 Å². The normalized spacial score (nSPS) is 11.5. The van der Waals surface area contributed by atoms with Crippen LogP contribution in [0.25, 0.3) is 0 Å². The van der Waals surface area contributed by atoms with Crippen LogP contribution in [0.3, 0.4) is 0 Å². The molecule has 116 valence electrons. The van der Waals surface area contributed by atoms with Crippen LogP contribution in [-0.2, 0) is 26.1 Å². The average molecular weight is 290 g/mol. The maximum absolute atomic E-state index is 4.58. The summed E-state index contributed by atoms with van der Waals surface area (Å²) in [5.41, 5.74) is 2.32. The van der Waals surface area contributed by atoms with E-state index >= 15 is 0 Å². The smallest absolute Gasteiger partial charge is 0.141 e. The first-order valence-corrected chi connectivity index (χ1v) is 7.77. The highest BCUT2D eigenvalue weighted by molar-refractivity contribution is 5.11. The molecule has 0 bridgehead atoms. The van der Waals surface area contributed by atoms with Crippen molar-refractivity contribution >= 4 is 0 Å². The molecular weight excluding hydrogens is 264 g/mol. The van der Waals surface area contributed by atoms with E-state index in [1.165, 1.54) is 5.69 Å². The summed E-state index contributed by atoms with van der Waals surface area (Å²) in [6.07, 6.45) is 2.58. The molecule has 0 aliphatic carbocycles. The Morgan fingerprint density at radius 3 is 2.71 bits per heavy atom. The zero-order chi connectivity index (χ0) is 15.2. The summed E-state index contributed by atoms with van der Waals surface area (Å²) in [6.45, 7) is 12.0. The molecule has 0 unspecified atom stereocenters. The van der Waals surface area contributed by atoms with E-state index in [1.807, 2.05) is 9.36 Å². The minimum absolute atomic E-state index is 0.634. The zero-order valence-corrected chi connectivity index (χ0v) is 13.5. The van der Waals surface area contributed by atoms with Gasteiger partial charge in [0.15, 0.2) is 0 Å². The number of rotatable bonds is 8. The Balaban J connectivity index is 2.06. The van der Waals surface area contributed by atoms with Gasteiger partial charge in [-0.05, 0) is 31.9 Å². The quantitative estimate of drug-likeness (QED) is 0.806. The summed E-state index contributed by atoms with van der Waals surface area (Å²) in [5, 5.41) is 12.3. The van der Waals surface area contributed by atoms with Gasteiger partial charge in [0.2, 0.25) is 0 Å². The molecule has 6 nitrogen and oxygen atoms in total. The van der Waals surface area contributed by atoms with Crippen molar-refractivity contribution in [1.82, 2.24) is 29.9 Å². The largest absolute Gasteiger partial charge is 0.310 e. The fourth-order valence-electron chi connectivity index (χ4n) is 2.27. The van der Waals surface area contributed by atoms with Crippen molar-refractivity contribution in [1.29, 1.82) is 0 Å². The molecule has 0 aliphatic rings. The van der Waals surface area contributed by atoms with Crippen molar-refractivity contribution in [3.05, 3.63) is 29.6 Å². The second kappa shape index (κ2) is 7.36. The molecule has 2 heterocycles. The van der Waals surface area contributed by atoms with Crippen LogP contribution in [0.2, 0.25) is 0 Å². The molecule has 0 saturated heterocycles. The fraction of sp³-hybridized carbons (Fsp3) is 0.667. The van der Waals surface area contributed by atoms with Crippen molar-refractivity contribution < 1.29 is 0 Å². The molecule has 6 heteroatoms. The summed E-state index contributed by atoms with van der Waals surface area (Å²) >= 11 is 0. The maximum atomic E-state index is 4.58. The van der Waals surface area contributed by atoms with Gasteiger partial charge in [-0.25, -0.2) is 9.67 Å². The van der Waals surface area contributed by atoms with Gasteiger partial charge in [-0.1, -0.05) is 20.8 Å².